The minimum atomic E-state index is -1.13. The Kier molecular flexibility index (Phi) is 6.66. The van der Waals surface area contributed by atoms with Gasteiger partial charge in [0.05, 0.1) is 27.8 Å². The number of aliphatic hydroxyl groups is 1. The number of aryl methyl sites for hydroxylation is 2. The highest BCUT2D eigenvalue weighted by molar-refractivity contribution is 7.84. The van der Waals surface area contributed by atoms with Crippen LogP contribution < -0.4 is 10.2 Å². The molecule has 2 N–H and O–H groups in total. The summed E-state index contributed by atoms with van der Waals surface area (Å²) in [5, 5.41) is 14.1. The predicted octanol–water partition coefficient (Wildman–Crippen LogP) is 4.18. The van der Waals surface area contributed by atoms with E-state index in [4.69, 9.17) is 16.6 Å². The van der Waals surface area contributed by atoms with E-state index in [1.807, 2.05) is 12.1 Å². The van der Waals surface area contributed by atoms with Gasteiger partial charge < -0.3 is 15.3 Å². The summed E-state index contributed by atoms with van der Waals surface area (Å²) >= 11 is 5.98. The van der Waals surface area contributed by atoms with Gasteiger partial charge >= 0.3 is 0 Å². The zero-order chi connectivity index (χ0) is 21.1. The Morgan fingerprint density at radius 1 is 1.27 bits per heavy atom. The van der Waals surface area contributed by atoms with Gasteiger partial charge in [0.1, 0.15) is 11.6 Å². The number of nitrogens with one attached hydrogen (secondary N) is 1. The van der Waals surface area contributed by atoms with Crippen molar-refractivity contribution in [2.24, 2.45) is 0 Å². The van der Waals surface area contributed by atoms with Gasteiger partial charge in [-0.3, -0.25) is 4.21 Å². The van der Waals surface area contributed by atoms with E-state index in [0.717, 1.165) is 73.8 Å². The van der Waals surface area contributed by atoms with Gasteiger partial charge in [0.25, 0.3) is 0 Å². The van der Waals surface area contributed by atoms with Crippen molar-refractivity contribution in [2.45, 2.75) is 55.4 Å². The number of pyridine rings is 1. The molecule has 0 radical (unpaired) electrons. The van der Waals surface area contributed by atoms with Gasteiger partial charge in [-0.15, -0.1) is 0 Å². The molecule has 1 atom stereocenters. The molecule has 2 aromatic rings. The molecule has 1 saturated carbocycles. The first kappa shape index (κ1) is 21.6. The van der Waals surface area contributed by atoms with Crippen molar-refractivity contribution in [3.63, 3.8) is 0 Å². The minimum absolute atomic E-state index is 0.0758. The second-order valence-electron chi connectivity index (χ2n) is 8.51. The van der Waals surface area contributed by atoms with E-state index < -0.39 is 10.8 Å². The van der Waals surface area contributed by atoms with E-state index in [-0.39, 0.29) is 12.1 Å². The molecule has 0 unspecified atom stereocenters. The van der Waals surface area contributed by atoms with Gasteiger partial charge in [-0.25, -0.2) is 4.98 Å². The molecule has 1 aromatic carbocycles. The molecule has 0 saturated heterocycles. The van der Waals surface area contributed by atoms with Crippen LogP contribution >= 0.6 is 11.6 Å². The maximum Gasteiger partial charge on any atom is 0.145 e. The summed E-state index contributed by atoms with van der Waals surface area (Å²) in [5.74, 6) is 1.68. The Balaban J connectivity index is 1.53. The molecule has 0 amide bonds. The molecule has 2 heterocycles. The number of hydrogen-bond donors (Lipinski definition) is 2. The summed E-state index contributed by atoms with van der Waals surface area (Å²) in [4.78, 5) is 8.06. The van der Waals surface area contributed by atoms with E-state index >= 15 is 0 Å². The third kappa shape index (κ3) is 4.66. The van der Waals surface area contributed by atoms with Crippen LogP contribution in [-0.4, -0.2) is 45.8 Å². The lowest BCUT2D eigenvalue weighted by molar-refractivity contribution is 0.143. The molecule has 2 aliphatic rings. The summed E-state index contributed by atoms with van der Waals surface area (Å²) in [5.41, 5.74) is 2.15. The fourth-order valence-corrected chi connectivity index (χ4v) is 5.18. The van der Waals surface area contributed by atoms with E-state index in [1.165, 1.54) is 11.1 Å². The molecule has 0 bridgehead atoms. The van der Waals surface area contributed by atoms with E-state index in [2.05, 4.69) is 28.4 Å². The summed E-state index contributed by atoms with van der Waals surface area (Å²) < 4.78 is 12.4. The lowest BCUT2D eigenvalue weighted by Crippen LogP contribution is -2.48. The van der Waals surface area contributed by atoms with Crippen molar-refractivity contribution >= 4 is 34.0 Å². The number of aromatic nitrogens is 1. The highest BCUT2D eigenvalue weighted by Gasteiger charge is 2.37. The SMILES string of the molecule is C[S@@](=O)c1cc2c(nc1NC1(CO)CCC1)N(CCCc1ccc(Cl)cc1)CCC2. The smallest absolute Gasteiger partial charge is 0.145 e. The number of benzene rings is 1. The molecule has 4 rings (SSSR count). The summed E-state index contributed by atoms with van der Waals surface area (Å²) in [6.45, 7) is 1.99. The zero-order valence-electron chi connectivity index (χ0n) is 17.5. The van der Waals surface area contributed by atoms with Crippen molar-refractivity contribution in [3.05, 3.63) is 46.5 Å². The predicted molar refractivity (Wildman–Crippen MR) is 124 cm³/mol. The highest BCUT2D eigenvalue weighted by Crippen LogP contribution is 2.38. The molecule has 1 aromatic heterocycles. The van der Waals surface area contributed by atoms with Crippen LogP contribution in [0.15, 0.2) is 35.2 Å². The Hall–Kier alpha value is -1.63. The van der Waals surface area contributed by atoms with Gasteiger partial charge in [-0.2, -0.15) is 0 Å². The number of anilines is 2. The third-order valence-electron chi connectivity index (χ3n) is 6.33. The highest BCUT2D eigenvalue weighted by atomic mass is 35.5. The number of rotatable bonds is 8. The van der Waals surface area contributed by atoms with Crippen LogP contribution in [0.2, 0.25) is 5.02 Å². The number of halogens is 1. The molecule has 1 aliphatic heterocycles. The van der Waals surface area contributed by atoms with Gasteiger partial charge in [-0.05, 0) is 74.3 Å². The Morgan fingerprint density at radius 2 is 2.03 bits per heavy atom. The minimum Gasteiger partial charge on any atom is -0.394 e. The molecular formula is C23H30ClN3O2S. The van der Waals surface area contributed by atoms with Crippen LogP contribution in [0.25, 0.3) is 0 Å². The Morgan fingerprint density at radius 3 is 2.67 bits per heavy atom. The number of fused-ring (bicyclic) bond motifs is 1. The molecule has 30 heavy (non-hydrogen) atoms. The first-order valence-electron chi connectivity index (χ1n) is 10.8. The average molecular weight is 448 g/mol. The van der Waals surface area contributed by atoms with Crippen molar-refractivity contribution in [1.29, 1.82) is 0 Å². The monoisotopic (exact) mass is 447 g/mol. The number of hydrogen-bond acceptors (Lipinski definition) is 5. The molecule has 1 aliphatic carbocycles. The number of aliphatic hydroxyl groups excluding tert-OH is 1. The first-order valence-corrected chi connectivity index (χ1v) is 12.7. The number of nitrogens with zero attached hydrogens (tertiary/aromatic N) is 2. The van der Waals surface area contributed by atoms with Gasteiger partial charge in [-0.1, -0.05) is 23.7 Å². The van der Waals surface area contributed by atoms with Crippen molar-refractivity contribution in [3.8, 4) is 0 Å². The second-order valence-corrected chi connectivity index (χ2v) is 10.3. The van der Waals surface area contributed by atoms with Crippen LogP contribution in [0.1, 0.15) is 43.2 Å². The lowest BCUT2D eigenvalue weighted by atomic mass is 9.77. The first-order chi connectivity index (χ1) is 14.5. The van der Waals surface area contributed by atoms with E-state index in [9.17, 15) is 9.32 Å². The average Bonchev–Trinajstić information content (AvgIpc) is 2.71. The standard InChI is InChI=1S/C23H30ClN3O2S/c1-30(29)20-15-18-6-3-14-27(13-2-5-17-7-9-19(24)10-8-17)22(18)25-21(20)26-23(16-28)11-4-12-23/h7-10,15,28H,2-6,11-14,16H2,1H3,(H,25,26)/t30-/m1/s1. The van der Waals surface area contributed by atoms with E-state index in [1.54, 1.807) is 6.26 Å². The van der Waals surface area contributed by atoms with Crippen LogP contribution in [0.3, 0.4) is 0 Å². The molecule has 5 nitrogen and oxygen atoms in total. The summed E-state index contributed by atoms with van der Waals surface area (Å²) in [6.07, 6.45) is 8.72. The van der Waals surface area contributed by atoms with Crippen LogP contribution in [0.5, 0.6) is 0 Å². The van der Waals surface area contributed by atoms with Gasteiger partial charge in [0, 0.05) is 24.4 Å². The molecule has 1 fully saturated rings. The largest absolute Gasteiger partial charge is 0.394 e. The second kappa shape index (κ2) is 9.25. The van der Waals surface area contributed by atoms with Gasteiger partial charge in [0.15, 0.2) is 0 Å². The van der Waals surface area contributed by atoms with Crippen molar-refractivity contribution in [1.82, 2.24) is 4.98 Å². The molecule has 0 spiro atoms. The normalized spacial score (nSPS) is 18.4. The Labute approximate surface area is 186 Å². The fraction of sp³-hybridized carbons (Fsp3) is 0.522. The Bertz CT molecular complexity index is 910. The maximum absolute atomic E-state index is 12.4. The van der Waals surface area contributed by atoms with Crippen LogP contribution in [0, 0.1) is 0 Å². The third-order valence-corrected chi connectivity index (χ3v) is 7.51. The zero-order valence-corrected chi connectivity index (χ0v) is 19.1. The quantitative estimate of drug-likeness (QED) is 0.635. The topological polar surface area (TPSA) is 65.5 Å². The summed E-state index contributed by atoms with van der Waals surface area (Å²) in [6, 6.07) is 10.1. The maximum atomic E-state index is 12.4. The van der Waals surface area contributed by atoms with Crippen LogP contribution in [0.4, 0.5) is 11.6 Å². The van der Waals surface area contributed by atoms with Crippen LogP contribution in [-0.2, 0) is 23.6 Å². The van der Waals surface area contributed by atoms with Gasteiger partial charge in [0.2, 0.25) is 0 Å². The fourth-order valence-electron chi connectivity index (χ4n) is 4.38. The summed E-state index contributed by atoms with van der Waals surface area (Å²) in [7, 11) is -1.13. The van der Waals surface area contributed by atoms with Crippen molar-refractivity contribution < 1.29 is 9.32 Å². The van der Waals surface area contributed by atoms with Crippen molar-refractivity contribution in [2.75, 3.05) is 36.2 Å². The van der Waals surface area contributed by atoms with E-state index in [0.29, 0.717) is 5.82 Å². The lowest BCUT2D eigenvalue weighted by Gasteiger charge is -2.42. The molecular weight excluding hydrogens is 418 g/mol. The molecule has 162 valence electrons. The molecule has 7 heteroatoms.